The van der Waals surface area contributed by atoms with Crippen LogP contribution in [0.4, 0.5) is 18.9 Å². The Morgan fingerprint density at radius 3 is 2.54 bits per heavy atom. The van der Waals surface area contributed by atoms with Crippen molar-refractivity contribution in [1.29, 1.82) is 0 Å². The van der Waals surface area contributed by atoms with Gasteiger partial charge in [-0.25, -0.2) is 8.42 Å². The second-order valence-electron chi connectivity index (χ2n) is 5.66. The third-order valence-electron chi connectivity index (χ3n) is 3.69. The van der Waals surface area contributed by atoms with Crippen LogP contribution >= 0.6 is 0 Å². The first-order valence-corrected chi connectivity index (χ1v) is 9.44. The van der Waals surface area contributed by atoms with Crippen molar-refractivity contribution >= 4 is 21.6 Å². The first-order valence-electron chi connectivity index (χ1n) is 8.00. The number of rotatable bonds is 5. The molecule has 1 aromatic carbocycles. The van der Waals surface area contributed by atoms with Gasteiger partial charge in [0, 0.05) is 24.8 Å². The van der Waals surface area contributed by atoms with Gasteiger partial charge in [0.25, 0.3) is 15.9 Å². The highest BCUT2D eigenvalue weighted by molar-refractivity contribution is 7.89. The van der Waals surface area contributed by atoms with Crippen molar-refractivity contribution in [2.24, 2.45) is 0 Å². The number of nitrogens with one attached hydrogen (secondary N) is 1. The molecule has 0 radical (unpaired) electrons. The van der Waals surface area contributed by atoms with E-state index in [9.17, 15) is 26.4 Å². The minimum Gasteiger partial charge on any atom is -0.438 e. The maximum atomic E-state index is 12.5. The SMILES string of the molecule is O=C(Nc1cccc(OC(F)(F)F)c1)c1ccc(S(=O)(=O)N2CCOCC2)o1. The predicted molar refractivity (Wildman–Crippen MR) is 89.4 cm³/mol. The van der Waals surface area contributed by atoms with Crippen LogP contribution in [-0.2, 0) is 14.8 Å². The maximum absolute atomic E-state index is 12.5. The first-order chi connectivity index (χ1) is 13.1. The number of benzene rings is 1. The largest absolute Gasteiger partial charge is 0.573 e. The van der Waals surface area contributed by atoms with Gasteiger partial charge in [-0.2, -0.15) is 4.31 Å². The monoisotopic (exact) mass is 420 g/mol. The fourth-order valence-electron chi connectivity index (χ4n) is 2.46. The van der Waals surface area contributed by atoms with E-state index >= 15 is 0 Å². The number of amides is 1. The molecule has 3 rings (SSSR count). The van der Waals surface area contributed by atoms with Crippen molar-refractivity contribution < 1.29 is 40.3 Å². The molecule has 28 heavy (non-hydrogen) atoms. The Balaban J connectivity index is 1.72. The summed E-state index contributed by atoms with van der Waals surface area (Å²) in [5.41, 5.74) is 0.0146. The van der Waals surface area contributed by atoms with E-state index in [0.29, 0.717) is 0 Å². The average molecular weight is 420 g/mol. The van der Waals surface area contributed by atoms with Gasteiger partial charge in [0.05, 0.1) is 13.2 Å². The summed E-state index contributed by atoms with van der Waals surface area (Å²) < 4.78 is 77.0. The Kier molecular flexibility index (Phi) is 5.63. The number of carbonyl (C=O) groups is 1. The number of sulfonamides is 1. The summed E-state index contributed by atoms with van der Waals surface area (Å²) in [7, 11) is -3.91. The molecule has 2 aromatic rings. The topological polar surface area (TPSA) is 98.1 Å². The molecule has 0 atom stereocenters. The summed E-state index contributed by atoms with van der Waals surface area (Å²) in [6, 6.07) is 6.95. The van der Waals surface area contributed by atoms with Gasteiger partial charge in [-0.1, -0.05) is 6.07 Å². The minimum absolute atomic E-state index is 0.0146. The molecule has 1 aliphatic rings. The van der Waals surface area contributed by atoms with Crippen LogP contribution in [0.2, 0.25) is 0 Å². The number of halogens is 3. The highest BCUT2D eigenvalue weighted by Crippen LogP contribution is 2.26. The summed E-state index contributed by atoms with van der Waals surface area (Å²) >= 11 is 0. The molecule has 1 saturated heterocycles. The van der Waals surface area contributed by atoms with Gasteiger partial charge in [-0.05, 0) is 24.3 Å². The highest BCUT2D eigenvalue weighted by atomic mass is 32.2. The summed E-state index contributed by atoms with van der Waals surface area (Å²) in [6.45, 7) is 0.834. The number of hydrogen-bond acceptors (Lipinski definition) is 6. The second-order valence-corrected chi connectivity index (χ2v) is 7.53. The molecule has 1 fully saturated rings. The predicted octanol–water partition coefficient (Wildman–Crippen LogP) is 2.45. The fourth-order valence-corrected chi connectivity index (χ4v) is 3.78. The van der Waals surface area contributed by atoms with Crippen molar-refractivity contribution in [2.45, 2.75) is 11.5 Å². The Morgan fingerprint density at radius 1 is 1.14 bits per heavy atom. The lowest BCUT2D eigenvalue weighted by molar-refractivity contribution is -0.274. The quantitative estimate of drug-likeness (QED) is 0.798. The molecule has 2 heterocycles. The average Bonchev–Trinajstić information content (AvgIpc) is 3.12. The molecule has 1 aromatic heterocycles. The zero-order valence-corrected chi connectivity index (χ0v) is 15.0. The summed E-state index contributed by atoms with van der Waals surface area (Å²) in [4.78, 5) is 12.2. The Morgan fingerprint density at radius 2 is 1.86 bits per heavy atom. The Labute approximate surface area is 157 Å². The number of alkyl halides is 3. The van der Waals surface area contributed by atoms with E-state index in [1.807, 2.05) is 0 Å². The van der Waals surface area contributed by atoms with Crippen LogP contribution < -0.4 is 10.1 Å². The fraction of sp³-hybridized carbons (Fsp3) is 0.312. The van der Waals surface area contributed by atoms with Gasteiger partial charge in [0.1, 0.15) is 5.75 Å². The highest BCUT2D eigenvalue weighted by Gasteiger charge is 2.32. The molecule has 8 nitrogen and oxygen atoms in total. The normalized spacial score (nSPS) is 16.0. The van der Waals surface area contributed by atoms with E-state index in [1.54, 1.807) is 0 Å². The van der Waals surface area contributed by atoms with Gasteiger partial charge in [-0.3, -0.25) is 4.79 Å². The van der Waals surface area contributed by atoms with E-state index < -0.39 is 33.1 Å². The zero-order chi connectivity index (χ0) is 20.4. The second kappa shape index (κ2) is 7.81. The zero-order valence-electron chi connectivity index (χ0n) is 14.2. The lowest BCUT2D eigenvalue weighted by atomic mass is 10.3. The van der Waals surface area contributed by atoms with Crippen LogP contribution in [0, 0.1) is 0 Å². The maximum Gasteiger partial charge on any atom is 0.573 e. The van der Waals surface area contributed by atoms with E-state index in [-0.39, 0.29) is 37.8 Å². The molecule has 0 unspecified atom stereocenters. The Hall–Kier alpha value is -2.57. The van der Waals surface area contributed by atoms with Gasteiger partial charge in [0.2, 0.25) is 5.09 Å². The molecule has 1 amide bonds. The van der Waals surface area contributed by atoms with Crippen molar-refractivity contribution in [3.05, 3.63) is 42.2 Å². The van der Waals surface area contributed by atoms with Crippen molar-refractivity contribution in [1.82, 2.24) is 4.31 Å². The molecular weight excluding hydrogens is 405 g/mol. The molecule has 0 aliphatic carbocycles. The minimum atomic E-state index is -4.87. The van der Waals surface area contributed by atoms with Gasteiger partial charge in [-0.15, -0.1) is 13.2 Å². The number of morpholine rings is 1. The third kappa shape index (κ3) is 4.82. The number of carbonyl (C=O) groups excluding carboxylic acids is 1. The van der Waals surface area contributed by atoms with Crippen LogP contribution in [0.15, 0.2) is 45.9 Å². The summed E-state index contributed by atoms with van der Waals surface area (Å²) in [6.07, 6.45) is -4.87. The standard InChI is InChI=1S/C16H15F3N2O6S/c17-16(18,19)27-12-3-1-2-11(10-12)20-15(22)13-4-5-14(26-13)28(23,24)21-6-8-25-9-7-21/h1-5,10H,6-9H2,(H,20,22). The number of nitrogens with zero attached hydrogens (tertiary/aromatic N) is 1. The Bertz CT molecular complexity index is 951. The van der Waals surface area contributed by atoms with Gasteiger partial charge in [0.15, 0.2) is 5.76 Å². The van der Waals surface area contributed by atoms with E-state index in [4.69, 9.17) is 9.15 Å². The number of hydrogen-bond donors (Lipinski definition) is 1. The molecule has 1 aliphatic heterocycles. The molecule has 0 saturated carbocycles. The molecule has 1 N–H and O–H groups in total. The number of ether oxygens (including phenoxy) is 2. The first kappa shape index (κ1) is 20.2. The summed E-state index contributed by atoms with van der Waals surface area (Å²) in [5, 5.41) is 1.91. The van der Waals surface area contributed by atoms with Crippen LogP contribution in [0.25, 0.3) is 0 Å². The number of furan rings is 1. The van der Waals surface area contributed by atoms with E-state index in [2.05, 4.69) is 10.1 Å². The van der Waals surface area contributed by atoms with Crippen LogP contribution in [-0.4, -0.2) is 51.3 Å². The molecular formula is C16H15F3N2O6S. The number of anilines is 1. The summed E-state index contributed by atoms with van der Waals surface area (Å²) in [5.74, 6) is -1.65. The molecule has 12 heteroatoms. The van der Waals surface area contributed by atoms with Crippen molar-refractivity contribution in [3.63, 3.8) is 0 Å². The molecule has 0 spiro atoms. The van der Waals surface area contributed by atoms with Gasteiger partial charge >= 0.3 is 6.36 Å². The third-order valence-corrected chi connectivity index (χ3v) is 5.47. The van der Waals surface area contributed by atoms with Crippen LogP contribution in [0.5, 0.6) is 5.75 Å². The smallest absolute Gasteiger partial charge is 0.438 e. The van der Waals surface area contributed by atoms with E-state index in [0.717, 1.165) is 18.2 Å². The lowest BCUT2D eigenvalue weighted by Gasteiger charge is -2.24. The molecule has 152 valence electrons. The van der Waals surface area contributed by atoms with Gasteiger partial charge < -0.3 is 19.2 Å². The van der Waals surface area contributed by atoms with Crippen molar-refractivity contribution in [3.8, 4) is 5.75 Å². The lowest BCUT2D eigenvalue weighted by Crippen LogP contribution is -2.40. The molecule has 0 bridgehead atoms. The van der Waals surface area contributed by atoms with Crippen LogP contribution in [0.3, 0.4) is 0 Å². The van der Waals surface area contributed by atoms with Crippen LogP contribution in [0.1, 0.15) is 10.6 Å². The van der Waals surface area contributed by atoms with E-state index in [1.165, 1.54) is 22.5 Å². The van der Waals surface area contributed by atoms with Crippen molar-refractivity contribution in [2.75, 3.05) is 31.6 Å².